The molecule has 9 aromatic rings. The number of aliphatic imine (C=N–C) groups is 1. The lowest BCUT2D eigenvalue weighted by molar-refractivity contribution is 1.24. The van der Waals surface area contributed by atoms with Crippen LogP contribution in [0.15, 0.2) is 224 Å². The van der Waals surface area contributed by atoms with E-state index in [4.69, 9.17) is 4.99 Å². The molecule has 2 heteroatoms. The van der Waals surface area contributed by atoms with Crippen LogP contribution < -0.4 is 4.90 Å². The predicted octanol–water partition coefficient (Wildman–Crippen LogP) is 14.2. The fourth-order valence-corrected chi connectivity index (χ4v) is 8.15. The first-order valence-electron chi connectivity index (χ1n) is 18.7. The van der Waals surface area contributed by atoms with Crippen molar-refractivity contribution in [3.63, 3.8) is 0 Å². The number of benzene rings is 9. The van der Waals surface area contributed by atoms with Crippen molar-refractivity contribution in [2.75, 3.05) is 4.90 Å². The van der Waals surface area contributed by atoms with Gasteiger partial charge in [0.15, 0.2) is 0 Å². The summed E-state index contributed by atoms with van der Waals surface area (Å²) in [5, 5.41) is 9.91. The van der Waals surface area contributed by atoms with Gasteiger partial charge in [0.2, 0.25) is 0 Å². The van der Waals surface area contributed by atoms with Gasteiger partial charge in [0, 0.05) is 23.1 Å². The second-order valence-corrected chi connectivity index (χ2v) is 14.1. The van der Waals surface area contributed by atoms with Crippen molar-refractivity contribution < 1.29 is 0 Å². The number of fused-ring (bicyclic) bond motifs is 4. The van der Waals surface area contributed by atoms with Crippen molar-refractivity contribution in [3.8, 4) is 33.4 Å². The molecule has 1 aliphatic rings. The van der Waals surface area contributed by atoms with Gasteiger partial charge >= 0.3 is 0 Å². The van der Waals surface area contributed by atoms with Gasteiger partial charge in [-0.15, -0.1) is 0 Å². The van der Waals surface area contributed by atoms with Crippen LogP contribution in [-0.2, 0) is 0 Å². The minimum atomic E-state index is 0.826. The second kappa shape index (κ2) is 13.6. The topological polar surface area (TPSA) is 15.6 Å². The number of nitrogens with zero attached hydrogens (tertiary/aromatic N) is 2. The van der Waals surface area contributed by atoms with E-state index in [0.29, 0.717) is 0 Å². The molecule has 0 bridgehead atoms. The van der Waals surface area contributed by atoms with Gasteiger partial charge in [-0.05, 0) is 119 Å². The molecule has 0 unspecified atom stereocenters. The number of allylic oxidation sites excluding steroid dienone is 3. The van der Waals surface area contributed by atoms with E-state index >= 15 is 0 Å². The van der Waals surface area contributed by atoms with E-state index in [0.717, 1.165) is 33.9 Å². The maximum Gasteiger partial charge on any atom is 0.144 e. The predicted molar refractivity (Wildman–Crippen MR) is 236 cm³/mol. The van der Waals surface area contributed by atoms with Crippen molar-refractivity contribution in [2.45, 2.75) is 0 Å². The van der Waals surface area contributed by atoms with Gasteiger partial charge in [0.05, 0.1) is 0 Å². The molecule has 0 amide bonds. The van der Waals surface area contributed by atoms with Crippen molar-refractivity contribution in [1.29, 1.82) is 0 Å². The first kappa shape index (κ1) is 32.4. The molecule has 10 rings (SSSR count). The monoisotopic (exact) mass is 700 g/mol. The number of amidine groups is 1. The zero-order valence-corrected chi connectivity index (χ0v) is 30.2. The Morgan fingerprint density at radius 1 is 0.382 bits per heavy atom. The maximum absolute atomic E-state index is 4.91. The van der Waals surface area contributed by atoms with E-state index in [1.54, 1.807) is 0 Å². The Morgan fingerprint density at radius 3 is 1.55 bits per heavy atom. The maximum atomic E-state index is 4.91. The SMILES string of the molecule is C=C1\C=C/C=C\N=C(\c2ccc(-c3ccc4c(-c5ccc6ccccc6c5)c5ccccc5c(-c5ccc6ccccc6c5)c4c3)cc2)N1c1ccccc1. The third kappa shape index (κ3) is 5.82. The van der Waals surface area contributed by atoms with Crippen LogP contribution in [0.1, 0.15) is 5.56 Å². The van der Waals surface area contributed by atoms with E-state index in [2.05, 4.69) is 175 Å². The van der Waals surface area contributed by atoms with Crippen LogP contribution >= 0.6 is 0 Å². The molecule has 0 saturated heterocycles. The van der Waals surface area contributed by atoms with E-state index in [-0.39, 0.29) is 0 Å². The minimum absolute atomic E-state index is 0.826. The van der Waals surface area contributed by atoms with E-state index in [1.807, 2.05) is 42.6 Å². The Hall–Kier alpha value is -7.29. The van der Waals surface area contributed by atoms with Gasteiger partial charge in [0.1, 0.15) is 5.84 Å². The summed E-state index contributed by atoms with van der Waals surface area (Å²) in [4.78, 5) is 7.02. The largest absolute Gasteiger partial charge is 0.295 e. The van der Waals surface area contributed by atoms with Crippen LogP contribution in [0.5, 0.6) is 0 Å². The van der Waals surface area contributed by atoms with E-state index < -0.39 is 0 Å². The van der Waals surface area contributed by atoms with Crippen molar-refractivity contribution in [1.82, 2.24) is 0 Å². The third-order valence-electron chi connectivity index (χ3n) is 10.8. The van der Waals surface area contributed by atoms with Gasteiger partial charge < -0.3 is 0 Å². The summed E-state index contributed by atoms with van der Waals surface area (Å²) in [5.74, 6) is 0.826. The van der Waals surface area contributed by atoms with Gasteiger partial charge in [-0.25, -0.2) is 4.99 Å². The summed E-state index contributed by atoms with van der Waals surface area (Å²) in [5.41, 5.74) is 10.1. The summed E-state index contributed by atoms with van der Waals surface area (Å²) < 4.78 is 0. The quantitative estimate of drug-likeness (QED) is 0.163. The van der Waals surface area contributed by atoms with Gasteiger partial charge in [0.25, 0.3) is 0 Å². The molecule has 1 aliphatic heterocycles. The molecule has 0 fully saturated rings. The molecule has 0 spiro atoms. The van der Waals surface area contributed by atoms with Crippen LogP contribution in [0.2, 0.25) is 0 Å². The molecule has 258 valence electrons. The van der Waals surface area contributed by atoms with E-state index in [9.17, 15) is 0 Å². The van der Waals surface area contributed by atoms with Crippen molar-refractivity contribution in [3.05, 3.63) is 224 Å². The molecule has 0 aliphatic carbocycles. The molecule has 2 nitrogen and oxygen atoms in total. The number of hydrogen-bond donors (Lipinski definition) is 0. The highest BCUT2D eigenvalue weighted by Gasteiger charge is 2.20. The number of anilines is 1. The summed E-state index contributed by atoms with van der Waals surface area (Å²) in [6, 6.07) is 66.0. The average molecular weight is 701 g/mol. The summed E-state index contributed by atoms with van der Waals surface area (Å²) in [7, 11) is 0. The van der Waals surface area contributed by atoms with E-state index in [1.165, 1.54) is 65.3 Å². The number of para-hydroxylation sites is 1. The standard InChI is InChI=1S/C53H36N2/c1-36-13-11-12-32-54-53(55(36)46-18-3-2-4-19-46)40-26-22-39(23-27-40)43-30-31-49-50(35-43)52(45-29-25-38-15-6-8-17-42(38)34-45)48-21-10-9-20-47(48)51(49)44-28-24-37-14-5-7-16-41(37)33-44/h2-35H,1H2/b13-11-,32-12-,54-53-. The lowest BCUT2D eigenvalue weighted by Gasteiger charge is -2.27. The molecule has 0 saturated carbocycles. The Bertz CT molecular complexity index is 3040. The first-order valence-corrected chi connectivity index (χ1v) is 18.7. The highest BCUT2D eigenvalue weighted by molar-refractivity contribution is 6.22. The second-order valence-electron chi connectivity index (χ2n) is 14.1. The van der Waals surface area contributed by atoms with Gasteiger partial charge in [-0.3, -0.25) is 4.90 Å². The molecule has 0 aromatic heterocycles. The zero-order valence-electron chi connectivity index (χ0n) is 30.2. The van der Waals surface area contributed by atoms with Crippen LogP contribution in [0.3, 0.4) is 0 Å². The molecule has 9 aromatic carbocycles. The lowest BCUT2D eigenvalue weighted by atomic mass is 9.84. The Labute approximate surface area is 321 Å². The lowest BCUT2D eigenvalue weighted by Crippen LogP contribution is -2.30. The fraction of sp³-hybridized carbons (Fsp3) is 0. The molecule has 0 atom stereocenters. The highest BCUT2D eigenvalue weighted by atomic mass is 15.2. The van der Waals surface area contributed by atoms with Crippen LogP contribution in [-0.4, -0.2) is 5.84 Å². The average Bonchev–Trinajstić information content (AvgIpc) is 3.24. The molecule has 0 N–H and O–H groups in total. The van der Waals surface area contributed by atoms with Crippen molar-refractivity contribution >= 4 is 54.6 Å². The van der Waals surface area contributed by atoms with Crippen LogP contribution in [0.4, 0.5) is 5.69 Å². The van der Waals surface area contributed by atoms with Gasteiger partial charge in [-0.1, -0.05) is 164 Å². The Kier molecular flexibility index (Phi) is 8.00. The molecule has 1 heterocycles. The molecule has 55 heavy (non-hydrogen) atoms. The van der Waals surface area contributed by atoms with Gasteiger partial charge in [-0.2, -0.15) is 0 Å². The molecule has 0 radical (unpaired) electrons. The number of hydrogen-bond acceptors (Lipinski definition) is 2. The zero-order chi connectivity index (χ0) is 36.7. The highest BCUT2D eigenvalue weighted by Crippen LogP contribution is 2.45. The van der Waals surface area contributed by atoms with Crippen LogP contribution in [0, 0.1) is 0 Å². The summed E-state index contributed by atoms with van der Waals surface area (Å²) in [6.07, 6.45) is 7.78. The van der Waals surface area contributed by atoms with Crippen LogP contribution in [0.25, 0.3) is 76.5 Å². The third-order valence-corrected chi connectivity index (χ3v) is 10.8. The Morgan fingerprint density at radius 2 is 0.891 bits per heavy atom. The first-order chi connectivity index (χ1) is 27.2. The number of rotatable bonds is 5. The summed E-state index contributed by atoms with van der Waals surface area (Å²) in [6.45, 7) is 4.38. The van der Waals surface area contributed by atoms with Crippen molar-refractivity contribution in [2.24, 2.45) is 4.99 Å². The smallest absolute Gasteiger partial charge is 0.144 e. The minimum Gasteiger partial charge on any atom is -0.295 e. The Balaban J connectivity index is 1.17. The summed E-state index contributed by atoms with van der Waals surface area (Å²) >= 11 is 0. The normalized spacial score (nSPS) is 15.2. The fourth-order valence-electron chi connectivity index (χ4n) is 8.15. The molecular formula is C53H36N2. The molecular weight excluding hydrogens is 665 g/mol.